The van der Waals surface area contributed by atoms with E-state index in [9.17, 15) is 13.2 Å². The number of carboxylic acid groups (broad SMARTS) is 1. The van der Waals surface area contributed by atoms with Crippen LogP contribution in [0.4, 0.5) is 11.4 Å². The zero-order chi connectivity index (χ0) is 14.9. The third-order valence-electron chi connectivity index (χ3n) is 2.60. The van der Waals surface area contributed by atoms with Crippen LogP contribution < -0.4 is 10.5 Å². The lowest BCUT2D eigenvalue weighted by atomic mass is 10.3. The smallest absolute Gasteiger partial charge is 0.348 e. The summed E-state index contributed by atoms with van der Waals surface area (Å²) >= 11 is 0.976. The Hall–Kier alpha value is -2.06. The van der Waals surface area contributed by atoms with Crippen molar-refractivity contribution in [1.29, 1.82) is 0 Å². The summed E-state index contributed by atoms with van der Waals surface area (Å²) in [5, 5.41) is 10.6. The number of rotatable bonds is 4. The minimum Gasteiger partial charge on any atom is -0.477 e. The van der Waals surface area contributed by atoms with E-state index in [0.717, 1.165) is 11.3 Å². The fourth-order valence-electron chi connectivity index (χ4n) is 1.57. The minimum atomic E-state index is -3.84. The third-order valence-corrected chi connectivity index (χ3v) is 5.05. The first-order valence-corrected chi connectivity index (χ1v) is 7.87. The van der Waals surface area contributed by atoms with Gasteiger partial charge in [-0.05, 0) is 42.1 Å². The molecule has 1 heterocycles. The number of aromatic carboxylic acids is 1. The van der Waals surface area contributed by atoms with Gasteiger partial charge in [0.2, 0.25) is 0 Å². The van der Waals surface area contributed by atoms with Crippen molar-refractivity contribution in [2.45, 2.75) is 11.8 Å². The second kappa shape index (κ2) is 5.14. The van der Waals surface area contributed by atoms with Gasteiger partial charge in [-0.3, -0.25) is 4.72 Å². The molecule has 2 rings (SSSR count). The summed E-state index contributed by atoms with van der Waals surface area (Å²) in [6, 6.07) is 5.65. The van der Waals surface area contributed by atoms with Crippen LogP contribution in [0.3, 0.4) is 0 Å². The molecule has 0 unspecified atom stereocenters. The Morgan fingerprint density at radius 1 is 1.30 bits per heavy atom. The second-order valence-electron chi connectivity index (χ2n) is 4.10. The van der Waals surface area contributed by atoms with E-state index in [1.54, 1.807) is 12.3 Å². The van der Waals surface area contributed by atoms with Gasteiger partial charge in [-0.25, -0.2) is 13.2 Å². The normalized spacial score (nSPS) is 11.2. The molecule has 20 heavy (non-hydrogen) atoms. The Morgan fingerprint density at radius 2 is 1.90 bits per heavy atom. The van der Waals surface area contributed by atoms with E-state index in [0.29, 0.717) is 11.3 Å². The largest absolute Gasteiger partial charge is 0.477 e. The number of hydrogen-bond acceptors (Lipinski definition) is 5. The molecule has 0 radical (unpaired) electrons. The molecule has 0 aliphatic rings. The summed E-state index contributed by atoms with van der Waals surface area (Å²) in [5.41, 5.74) is 6.61. The van der Waals surface area contributed by atoms with Gasteiger partial charge in [-0.2, -0.15) is 0 Å². The average molecular weight is 312 g/mol. The zero-order valence-corrected chi connectivity index (χ0v) is 12.1. The Balaban J connectivity index is 2.41. The number of hydrogen-bond donors (Lipinski definition) is 3. The van der Waals surface area contributed by atoms with Gasteiger partial charge in [0.05, 0.1) is 10.6 Å². The molecule has 0 aliphatic heterocycles. The lowest BCUT2D eigenvalue weighted by molar-refractivity contribution is 0.0703. The molecule has 0 spiro atoms. The summed E-state index contributed by atoms with van der Waals surface area (Å²) in [6.45, 7) is 1.64. The Morgan fingerprint density at radius 3 is 2.45 bits per heavy atom. The van der Waals surface area contributed by atoms with Crippen molar-refractivity contribution in [3.8, 4) is 0 Å². The fraction of sp³-hybridized carbons (Fsp3) is 0.0833. The molecule has 0 saturated carbocycles. The number of sulfonamides is 1. The van der Waals surface area contributed by atoms with Crippen LogP contribution in [0.1, 0.15) is 15.2 Å². The van der Waals surface area contributed by atoms with E-state index < -0.39 is 16.0 Å². The van der Waals surface area contributed by atoms with Gasteiger partial charge >= 0.3 is 5.97 Å². The topological polar surface area (TPSA) is 109 Å². The molecule has 0 bridgehead atoms. The van der Waals surface area contributed by atoms with E-state index in [2.05, 4.69) is 4.72 Å². The fourth-order valence-corrected chi connectivity index (χ4v) is 3.62. The average Bonchev–Trinajstić information content (AvgIpc) is 2.71. The first-order valence-electron chi connectivity index (χ1n) is 5.51. The van der Waals surface area contributed by atoms with Crippen LogP contribution >= 0.6 is 11.3 Å². The van der Waals surface area contributed by atoms with Crippen LogP contribution in [0.5, 0.6) is 0 Å². The first-order chi connectivity index (χ1) is 9.31. The standard InChI is InChI=1S/C12H12N2O4S2/c1-7-6-19-11(12(15)16)10(7)14-20(17,18)9-4-2-8(13)3-5-9/h2-6,14H,13H2,1H3,(H,15,16). The maximum atomic E-state index is 12.2. The Kier molecular flexibility index (Phi) is 3.69. The molecule has 0 amide bonds. The van der Waals surface area contributed by atoms with Crippen LogP contribution in [0.2, 0.25) is 0 Å². The van der Waals surface area contributed by atoms with Gasteiger partial charge in [0, 0.05) is 5.69 Å². The van der Waals surface area contributed by atoms with E-state index in [4.69, 9.17) is 10.8 Å². The van der Waals surface area contributed by atoms with Crippen molar-refractivity contribution < 1.29 is 18.3 Å². The van der Waals surface area contributed by atoms with E-state index in [-0.39, 0.29) is 15.5 Å². The van der Waals surface area contributed by atoms with Gasteiger partial charge in [-0.15, -0.1) is 11.3 Å². The Labute approximate surface area is 119 Å². The van der Waals surface area contributed by atoms with Crippen LogP contribution in [0.25, 0.3) is 0 Å². The van der Waals surface area contributed by atoms with Gasteiger partial charge in [-0.1, -0.05) is 0 Å². The van der Waals surface area contributed by atoms with Crippen molar-refractivity contribution in [3.05, 3.63) is 40.1 Å². The zero-order valence-electron chi connectivity index (χ0n) is 10.5. The molecule has 0 fully saturated rings. The highest BCUT2D eigenvalue weighted by Crippen LogP contribution is 2.29. The molecule has 0 saturated heterocycles. The number of thiophene rings is 1. The lowest BCUT2D eigenvalue weighted by Gasteiger charge is -2.09. The molecular weight excluding hydrogens is 300 g/mol. The molecule has 8 heteroatoms. The molecule has 1 aromatic heterocycles. The summed E-state index contributed by atoms with van der Waals surface area (Å²) in [7, 11) is -3.84. The molecule has 1 aromatic carbocycles. The number of nitrogens with two attached hydrogens (primary N) is 1. The molecule has 106 valence electrons. The van der Waals surface area contributed by atoms with Gasteiger partial charge < -0.3 is 10.8 Å². The van der Waals surface area contributed by atoms with Crippen LogP contribution in [0, 0.1) is 6.92 Å². The van der Waals surface area contributed by atoms with Crippen molar-refractivity contribution >= 4 is 38.7 Å². The highest BCUT2D eigenvalue weighted by atomic mass is 32.2. The van der Waals surface area contributed by atoms with Crippen LogP contribution in [-0.2, 0) is 10.0 Å². The molecule has 6 nitrogen and oxygen atoms in total. The van der Waals surface area contributed by atoms with Crippen LogP contribution in [0.15, 0.2) is 34.5 Å². The highest BCUT2D eigenvalue weighted by molar-refractivity contribution is 7.92. The van der Waals surface area contributed by atoms with Crippen molar-refractivity contribution in [2.24, 2.45) is 0 Å². The maximum absolute atomic E-state index is 12.2. The molecule has 0 atom stereocenters. The first kappa shape index (κ1) is 14.4. The van der Waals surface area contributed by atoms with Crippen LogP contribution in [-0.4, -0.2) is 19.5 Å². The summed E-state index contributed by atoms with van der Waals surface area (Å²) in [4.78, 5) is 11.0. The number of anilines is 2. The van der Waals surface area contributed by atoms with Crippen molar-refractivity contribution in [3.63, 3.8) is 0 Å². The number of nitrogens with one attached hydrogen (secondary N) is 1. The van der Waals surface area contributed by atoms with E-state index >= 15 is 0 Å². The molecular formula is C12H12N2O4S2. The number of nitrogen functional groups attached to an aromatic ring is 1. The van der Waals surface area contributed by atoms with Crippen molar-refractivity contribution in [1.82, 2.24) is 0 Å². The molecule has 4 N–H and O–H groups in total. The van der Waals surface area contributed by atoms with Crippen molar-refractivity contribution in [2.75, 3.05) is 10.5 Å². The predicted octanol–water partition coefficient (Wildman–Crippen LogP) is 2.14. The second-order valence-corrected chi connectivity index (χ2v) is 6.66. The Bertz CT molecular complexity index is 748. The van der Waals surface area contributed by atoms with E-state index in [1.165, 1.54) is 24.3 Å². The SMILES string of the molecule is Cc1csc(C(=O)O)c1NS(=O)(=O)c1ccc(N)cc1. The quantitative estimate of drug-likeness (QED) is 0.749. The number of benzene rings is 1. The third kappa shape index (κ3) is 2.75. The monoisotopic (exact) mass is 312 g/mol. The number of aryl methyl sites for hydroxylation is 1. The summed E-state index contributed by atoms with van der Waals surface area (Å²) < 4.78 is 26.7. The number of carbonyl (C=O) groups is 1. The van der Waals surface area contributed by atoms with E-state index in [1.807, 2.05) is 0 Å². The lowest BCUT2D eigenvalue weighted by Crippen LogP contribution is -2.15. The molecule has 0 aliphatic carbocycles. The summed E-state index contributed by atoms with van der Waals surface area (Å²) in [5.74, 6) is -1.17. The van der Waals surface area contributed by atoms with Gasteiger partial charge in [0.1, 0.15) is 4.88 Å². The predicted molar refractivity (Wildman–Crippen MR) is 77.7 cm³/mol. The number of carboxylic acids is 1. The highest BCUT2D eigenvalue weighted by Gasteiger charge is 2.21. The maximum Gasteiger partial charge on any atom is 0.348 e. The minimum absolute atomic E-state index is 0.0219. The van der Waals surface area contributed by atoms with Gasteiger partial charge in [0.15, 0.2) is 0 Å². The summed E-state index contributed by atoms with van der Waals surface area (Å²) in [6.07, 6.45) is 0. The molecule has 2 aromatic rings. The van der Waals surface area contributed by atoms with Gasteiger partial charge in [0.25, 0.3) is 10.0 Å².